The van der Waals surface area contributed by atoms with E-state index < -0.39 is 11.6 Å². The molecule has 0 saturated carbocycles. The fraction of sp³-hybridized carbons (Fsp3) is 0.462. The van der Waals surface area contributed by atoms with Gasteiger partial charge in [-0.3, -0.25) is 4.79 Å². The number of carbonyl (C=O) groups excluding carboxylic acids is 1. The number of carbonyl (C=O) groups is 1. The second kappa shape index (κ2) is 5.97. The van der Waals surface area contributed by atoms with E-state index in [0.29, 0.717) is 13.1 Å². The third kappa shape index (κ3) is 3.89. The maximum absolute atomic E-state index is 13.0. The highest BCUT2D eigenvalue weighted by molar-refractivity contribution is 5.81. The lowest BCUT2D eigenvalue weighted by atomic mass is 10.3. The van der Waals surface area contributed by atoms with Gasteiger partial charge in [-0.15, -0.1) is 0 Å². The van der Waals surface area contributed by atoms with Crippen LogP contribution in [-0.2, 0) is 4.79 Å². The summed E-state index contributed by atoms with van der Waals surface area (Å²) in [5, 5.41) is 2.75. The van der Waals surface area contributed by atoms with Gasteiger partial charge >= 0.3 is 0 Å². The summed E-state index contributed by atoms with van der Waals surface area (Å²) in [5.41, 5.74) is 0.278. The summed E-state index contributed by atoms with van der Waals surface area (Å²) in [6.45, 7) is 3.12. The van der Waals surface area contributed by atoms with Crippen molar-refractivity contribution >= 4 is 11.6 Å². The van der Waals surface area contributed by atoms with Crippen LogP contribution in [0.25, 0.3) is 0 Å². The van der Waals surface area contributed by atoms with Gasteiger partial charge < -0.3 is 15.1 Å². The molecule has 1 heterocycles. The molecule has 1 saturated heterocycles. The molecule has 104 valence electrons. The Labute approximate surface area is 111 Å². The van der Waals surface area contributed by atoms with Crippen LogP contribution in [0.15, 0.2) is 18.2 Å². The molecule has 1 N–H and O–H groups in total. The van der Waals surface area contributed by atoms with Gasteiger partial charge in [0.05, 0.1) is 6.54 Å². The van der Waals surface area contributed by atoms with Gasteiger partial charge in [-0.1, -0.05) is 0 Å². The van der Waals surface area contributed by atoms with Crippen LogP contribution in [0.3, 0.4) is 0 Å². The maximum atomic E-state index is 13.0. The number of nitrogens with zero attached hydrogens (tertiary/aromatic N) is 2. The van der Waals surface area contributed by atoms with E-state index in [9.17, 15) is 13.6 Å². The predicted octanol–water partition coefficient (Wildman–Crippen LogP) is 1.15. The van der Waals surface area contributed by atoms with Crippen molar-refractivity contribution in [2.45, 2.75) is 0 Å². The van der Waals surface area contributed by atoms with E-state index in [0.717, 1.165) is 19.2 Å². The summed E-state index contributed by atoms with van der Waals surface area (Å²) in [5.74, 6) is -1.37. The lowest BCUT2D eigenvalue weighted by Gasteiger charge is -2.32. The van der Waals surface area contributed by atoms with Crippen LogP contribution in [-0.4, -0.2) is 55.5 Å². The number of halogens is 2. The molecule has 0 spiro atoms. The summed E-state index contributed by atoms with van der Waals surface area (Å²) in [6.07, 6.45) is 0. The van der Waals surface area contributed by atoms with Gasteiger partial charge in [0, 0.05) is 37.9 Å². The average Bonchev–Trinajstić information content (AvgIpc) is 2.36. The van der Waals surface area contributed by atoms with Crippen LogP contribution in [0.4, 0.5) is 14.5 Å². The van der Waals surface area contributed by atoms with E-state index >= 15 is 0 Å². The monoisotopic (exact) mass is 269 g/mol. The van der Waals surface area contributed by atoms with Crippen LogP contribution >= 0.6 is 0 Å². The van der Waals surface area contributed by atoms with Gasteiger partial charge in [-0.2, -0.15) is 0 Å². The number of hydrogen-bond acceptors (Lipinski definition) is 3. The van der Waals surface area contributed by atoms with Crippen molar-refractivity contribution in [2.24, 2.45) is 0 Å². The Kier molecular flexibility index (Phi) is 4.31. The number of likely N-dealkylation sites (N-methyl/N-ethyl adjacent to an activating group) is 1. The fourth-order valence-electron chi connectivity index (χ4n) is 2.00. The zero-order chi connectivity index (χ0) is 13.8. The topological polar surface area (TPSA) is 35.6 Å². The van der Waals surface area contributed by atoms with Crippen LogP contribution in [0.2, 0.25) is 0 Å². The van der Waals surface area contributed by atoms with E-state index in [-0.39, 0.29) is 18.1 Å². The van der Waals surface area contributed by atoms with Gasteiger partial charge in [-0.05, 0) is 19.2 Å². The Hall–Kier alpha value is -1.69. The lowest BCUT2D eigenvalue weighted by molar-refractivity contribution is -0.130. The highest BCUT2D eigenvalue weighted by Crippen LogP contribution is 2.12. The number of hydrogen-bond donors (Lipinski definition) is 1. The third-order valence-electron chi connectivity index (χ3n) is 3.16. The summed E-state index contributed by atoms with van der Waals surface area (Å²) in [7, 11) is 2.01. The minimum absolute atomic E-state index is 0.0482. The highest BCUT2D eigenvalue weighted by Gasteiger charge is 2.18. The Morgan fingerprint density at radius 2 is 1.74 bits per heavy atom. The van der Waals surface area contributed by atoms with Crippen LogP contribution in [0.1, 0.15) is 0 Å². The first-order chi connectivity index (χ1) is 9.04. The number of rotatable bonds is 3. The van der Waals surface area contributed by atoms with Crippen molar-refractivity contribution in [2.75, 3.05) is 45.1 Å². The zero-order valence-corrected chi connectivity index (χ0v) is 10.8. The third-order valence-corrected chi connectivity index (χ3v) is 3.16. The summed E-state index contributed by atoms with van der Waals surface area (Å²) in [4.78, 5) is 15.8. The van der Waals surface area contributed by atoms with Crippen LogP contribution < -0.4 is 5.32 Å². The fourth-order valence-corrected chi connectivity index (χ4v) is 2.00. The summed E-state index contributed by atoms with van der Waals surface area (Å²) >= 11 is 0. The minimum atomic E-state index is -0.658. The molecule has 6 heteroatoms. The van der Waals surface area contributed by atoms with Crippen molar-refractivity contribution < 1.29 is 13.6 Å². The van der Waals surface area contributed by atoms with Crippen LogP contribution in [0, 0.1) is 11.6 Å². The summed E-state index contributed by atoms with van der Waals surface area (Å²) < 4.78 is 25.9. The van der Waals surface area contributed by atoms with Gasteiger partial charge in [-0.25, -0.2) is 8.78 Å². The molecule has 1 aromatic rings. The molecule has 0 bridgehead atoms. The van der Waals surface area contributed by atoms with Crippen molar-refractivity contribution in [3.05, 3.63) is 29.8 Å². The Balaban J connectivity index is 1.86. The van der Waals surface area contributed by atoms with E-state index in [4.69, 9.17) is 0 Å². The quantitative estimate of drug-likeness (QED) is 0.894. The number of anilines is 1. The molecular formula is C13H17F2N3O. The molecule has 0 aromatic heterocycles. The molecule has 0 radical (unpaired) electrons. The van der Waals surface area contributed by atoms with E-state index in [2.05, 4.69) is 10.2 Å². The molecule has 4 nitrogen and oxygen atoms in total. The molecule has 1 fully saturated rings. The molecular weight excluding hydrogens is 252 g/mol. The molecule has 1 aromatic carbocycles. The first-order valence-electron chi connectivity index (χ1n) is 6.21. The predicted molar refractivity (Wildman–Crippen MR) is 68.9 cm³/mol. The maximum Gasteiger partial charge on any atom is 0.241 e. The van der Waals surface area contributed by atoms with Crippen molar-refractivity contribution in [1.29, 1.82) is 0 Å². The first kappa shape index (κ1) is 13.7. The molecule has 1 amide bonds. The van der Waals surface area contributed by atoms with E-state index in [1.807, 2.05) is 7.05 Å². The average molecular weight is 269 g/mol. The van der Waals surface area contributed by atoms with Crippen molar-refractivity contribution in [1.82, 2.24) is 9.80 Å². The SMILES string of the molecule is CN1CCN(C(=O)CNc2cc(F)cc(F)c2)CC1. The Morgan fingerprint density at radius 3 is 2.32 bits per heavy atom. The molecule has 0 aliphatic carbocycles. The van der Waals surface area contributed by atoms with Gasteiger partial charge in [0.15, 0.2) is 0 Å². The zero-order valence-electron chi connectivity index (χ0n) is 10.8. The van der Waals surface area contributed by atoms with Gasteiger partial charge in [0.1, 0.15) is 11.6 Å². The van der Waals surface area contributed by atoms with E-state index in [1.54, 1.807) is 4.90 Å². The molecule has 1 aliphatic rings. The standard InChI is InChI=1S/C13H17F2N3O/c1-17-2-4-18(5-3-17)13(19)9-16-12-7-10(14)6-11(15)8-12/h6-8,16H,2-5,9H2,1H3. The second-order valence-corrected chi connectivity index (χ2v) is 4.70. The van der Waals surface area contributed by atoms with E-state index in [1.165, 1.54) is 12.1 Å². The first-order valence-corrected chi connectivity index (χ1v) is 6.21. The molecule has 1 aliphatic heterocycles. The number of benzene rings is 1. The molecule has 0 unspecified atom stereocenters. The van der Waals surface area contributed by atoms with Gasteiger partial charge in [0.2, 0.25) is 5.91 Å². The number of nitrogens with one attached hydrogen (secondary N) is 1. The Morgan fingerprint density at radius 1 is 1.16 bits per heavy atom. The van der Waals surface area contributed by atoms with Crippen molar-refractivity contribution in [3.8, 4) is 0 Å². The largest absolute Gasteiger partial charge is 0.376 e. The minimum Gasteiger partial charge on any atom is -0.376 e. The molecule has 0 atom stereocenters. The highest BCUT2D eigenvalue weighted by atomic mass is 19.1. The van der Waals surface area contributed by atoms with Gasteiger partial charge in [0.25, 0.3) is 0 Å². The lowest BCUT2D eigenvalue weighted by Crippen LogP contribution is -2.48. The second-order valence-electron chi connectivity index (χ2n) is 4.70. The molecule has 2 rings (SSSR count). The number of piperazine rings is 1. The van der Waals surface area contributed by atoms with Crippen LogP contribution in [0.5, 0.6) is 0 Å². The number of amides is 1. The van der Waals surface area contributed by atoms with Crippen molar-refractivity contribution in [3.63, 3.8) is 0 Å². The Bertz CT molecular complexity index is 439. The molecule has 19 heavy (non-hydrogen) atoms. The normalized spacial score (nSPS) is 16.5. The smallest absolute Gasteiger partial charge is 0.241 e. The summed E-state index contributed by atoms with van der Waals surface area (Å²) in [6, 6.07) is 3.13.